The van der Waals surface area contributed by atoms with Gasteiger partial charge in [0.15, 0.2) is 0 Å². The molecule has 0 radical (unpaired) electrons. The minimum atomic E-state index is -0.764. The molecule has 7 heteroatoms. The maximum Gasteiger partial charge on any atom is 0.336 e. The monoisotopic (exact) mass is 349 g/mol. The zero-order valence-electron chi connectivity index (χ0n) is 14.4. The maximum absolute atomic E-state index is 14.2. The molecule has 1 heterocycles. The number of methoxy groups -OCH3 is 1. The molecule has 1 aliphatic rings. The number of hydrogen-bond acceptors (Lipinski definition) is 5. The van der Waals surface area contributed by atoms with E-state index in [2.05, 4.69) is 0 Å². The van der Waals surface area contributed by atoms with Crippen molar-refractivity contribution in [2.75, 3.05) is 20.3 Å². The lowest BCUT2D eigenvalue weighted by Crippen LogP contribution is -2.41. The molecule has 0 saturated heterocycles. The minimum absolute atomic E-state index is 0.137. The standard InChI is InChI=1S/C18H20FNO5/c1-4-25-16(22)10-20-11(2)17(18(23)24-3)13(9-15(20)21)12-7-5-6-8-14(12)19/h5-8,13H,4,9-10H2,1-3H3/t13-/m1/s1. The summed E-state index contributed by atoms with van der Waals surface area (Å²) in [4.78, 5) is 37.7. The van der Waals surface area contributed by atoms with Gasteiger partial charge in [-0.15, -0.1) is 0 Å². The first-order valence-corrected chi connectivity index (χ1v) is 7.90. The van der Waals surface area contributed by atoms with E-state index in [1.807, 2.05) is 0 Å². The minimum Gasteiger partial charge on any atom is -0.466 e. The summed E-state index contributed by atoms with van der Waals surface area (Å²) in [7, 11) is 1.22. The van der Waals surface area contributed by atoms with Gasteiger partial charge in [0.05, 0.1) is 19.3 Å². The summed E-state index contributed by atoms with van der Waals surface area (Å²) in [6, 6.07) is 5.97. The smallest absolute Gasteiger partial charge is 0.336 e. The molecule has 0 aliphatic carbocycles. The molecule has 1 atom stereocenters. The van der Waals surface area contributed by atoms with Crippen LogP contribution in [0.4, 0.5) is 4.39 Å². The summed E-state index contributed by atoms with van der Waals surface area (Å²) in [5.74, 6) is -2.89. The van der Waals surface area contributed by atoms with Gasteiger partial charge >= 0.3 is 11.9 Å². The molecule has 0 bridgehead atoms. The van der Waals surface area contributed by atoms with Gasteiger partial charge in [-0.2, -0.15) is 0 Å². The van der Waals surface area contributed by atoms with Crippen molar-refractivity contribution < 1.29 is 28.2 Å². The van der Waals surface area contributed by atoms with Crippen molar-refractivity contribution in [1.82, 2.24) is 4.90 Å². The lowest BCUT2D eigenvalue weighted by atomic mass is 9.83. The second kappa shape index (κ2) is 7.92. The van der Waals surface area contributed by atoms with Crippen LogP contribution in [0.5, 0.6) is 0 Å². The highest BCUT2D eigenvalue weighted by molar-refractivity contribution is 5.96. The Morgan fingerprint density at radius 3 is 2.60 bits per heavy atom. The summed E-state index contributed by atoms with van der Waals surface area (Å²) in [6.07, 6.45) is -0.137. The fraction of sp³-hybridized carbons (Fsp3) is 0.389. The molecule has 0 N–H and O–H groups in total. The third-order valence-electron chi connectivity index (χ3n) is 4.10. The molecule has 1 aliphatic heterocycles. The second-order valence-corrected chi connectivity index (χ2v) is 5.55. The third-order valence-corrected chi connectivity index (χ3v) is 4.10. The highest BCUT2D eigenvalue weighted by Crippen LogP contribution is 2.37. The SMILES string of the molecule is CCOC(=O)CN1C(=O)C[C@H](c2ccccc2F)C(C(=O)OC)=C1C. The van der Waals surface area contributed by atoms with E-state index in [0.717, 1.165) is 0 Å². The lowest BCUT2D eigenvalue weighted by molar-refractivity contribution is -0.148. The van der Waals surface area contributed by atoms with Gasteiger partial charge in [0.25, 0.3) is 0 Å². The van der Waals surface area contributed by atoms with E-state index in [9.17, 15) is 18.8 Å². The molecular weight excluding hydrogens is 329 g/mol. The number of carbonyl (C=O) groups excluding carboxylic acids is 3. The second-order valence-electron chi connectivity index (χ2n) is 5.55. The first-order valence-electron chi connectivity index (χ1n) is 7.90. The molecule has 0 fully saturated rings. The van der Waals surface area contributed by atoms with Crippen molar-refractivity contribution >= 4 is 17.8 Å². The van der Waals surface area contributed by atoms with Crippen LogP contribution in [0.15, 0.2) is 35.5 Å². The van der Waals surface area contributed by atoms with E-state index in [1.54, 1.807) is 13.0 Å². The Morgan fingerprint density at radius 1 is 1.32 bits per heavy atom. The molecule has 1 amide bonds. The highest BCUT2D eigenvalue weighted by Gasteiger charge is 2.38. The van der Waals surface area contributed by atoms with Gasteiger partial charge in [0.1, 0.15) is 12.4 Å². The molecule has 1 aromatic rings. The number of rotatable bonds is 5. The fourth-order valence-corrected chi connectivity index (χ4v) is 2.94. The molecule has 0 spiro atoms. The number of halogens is 1. The lowest BCUT2D eigenvalue weighted by Gasteiger charge is -2.33. The van der Waals surface area contributed by atoms with Crippen LogP contribution >= 0.6 is 0 Å². The number of nitrogens with zero attached hydrogens (tertiary/aromatic N) is 1. The predicted molar refractivity (Wildman–Crippen MR) is 86.8 cm³/mol. The number of benzene rings is 1. The number of allylic oxidation sites excluding steroid dienone is 1. The van der Waals surface area contributed by atoms with Gasteiger partial charge in [0.2, 0.25) is 5.91 Å². The Hall–Kier alpha value is -2.70. The van der Waals surface area contributed by atoms with Crippen LogP contribution in [0.3, 0.4) is 0 Å². The van der Waals surface area contributed by atoms with Gasteiger partial charge in [-0.25, -0.2) is 9.18 Å². The summed E-state index contributed by atoms with van der Waals surface area (Å²) < 4.78 is 23.9. The molecule has 1 aromatic carbocycles. The van der Waals surface area contributed by atoms with Crippen molar-refractivity contribution in [3.63, 3.8) is 0 Å². The van der Waals surface area contributed by atoms with Crippen LogP contribution in [-0.4, -0.2) is 43.0 Å². The number of carbonyl (C=O) groups is 3. The van der Waals surface area contributed by atoms with E-state index in [-0.39, 0.29) is 42.3 Å². The molecular formula is C18H20FNO5. The van der Waals surface area contributed by atoms with Crippen molar-refractivity contribution in [2.24, 2.45) is 0 Å². The van der Waals surface area contributed by atoms with E-state index >= 15 is 0 Å². The quantitative estimate of drug-likeness (QED) is 0.762. The number of hydrogen-bond donors (Lipinski definition) is 0. The molecule has 6 nitrogen and oxygen atoms in total. The first kappa shape index (κ1) is 18.6. The van der Waals surface area contributed by atoms with Gasteiger partial charge < -0.3 is 14.4 Å². The van der Waals surface area contributed by atoms with Crippen LogP contribution in [0.1, 0.15) is 31.7 Å². The molecule has 134 valence electrons. The average Bonchev–Trinajstić information content (AvgIpc) is 2.58. The Morgan fingerprint density at radius 2 is 2.00 bits per heavy atom. The Bertz CT molecular complexity index is 728. The summed E-state index contributed by atoms with van der Waals surface area (Å²) >= 11 is 0. The normalized spacial score (nSPS) is 17.5. The van der Waals surface area contributed by atoms with E-state index in [1.165, 1.54) is 37.1 Å². The van der Waals surface area contributed by atoms with Crippen molar-refractivity contribution in [1.29, 1.82) is 0 Å². The largest absolute Gasteiger partial charge is 0.466 e. The zero-order valence-corrected chi connectivity index (χ0v) is 14.4. The molecule has 25 heavy (non-hydrogen) atoms. The Balaban J connectivity index is 2.48. The number of esters is 2. The van der Waals surface area contributed by atoms with Crippen LogP contribution in [-0.2, 0) is 23.9 Å². The van der Waals surface area contributed by atoms with Crippen molar-refractivity contribution in [2.45, 2.75) is 26.2 Å². The Labute approximate surface area is 145 Å². The van der Waals surface area contributed by atoms with E-state index in [0.29, 0.717) is 0 Å². The van der Waals surface area contributed by atoms with Crippen molar-refractivity contribution in [3.8, 4) is 0 Å². The summed E-state index contributed by atoms with van der Waals surface area (Å²) in [5.41, 5.74) is 0.673. The van der Waals surface area contributed by atoms with Crippen LogP contribution in [0.25, 0.3) is 0 Å². The average molecular weight is 349 g/mol. The number of ether oxygens (including phenoxy) is 2. The topological polar surface area (TPSA) is 72.9 Å². The number of amides is 1. The van der Waals surface area contributed by atoms with Crippen molar-refractivity contribution in [3.05, 3.63) is 46.9 Å². The van der Waals surface area contributed by atoms with E-state index in [4.69, 9.17) is 9.47 Å². The van der Waals surface area contributed by atoms with E-state index < -0.39 is 23.7 Å². The summed E-state index contributed by atoms with van der Waals surface area (Å²) in [6.45, 7) is 3.08. The van der Waals surface area contributed by atoms with Gasteiger partial charge in [-0.05, 0) is 25.5 Å². The molecule has 0 saturated carbocycles. The predicted octanol–water partition coefficient (Wildman–Crippen LogP) is 2.15. The zero-order chi connectivity index (χ0) is 18.6. The van der Waals surface area contributed by atoms with Crippen LogP contribution < -0.4 is 0 Å². The van der Waals surface area contributed by atoms with Gasteiger partial charge in [0, 0.05) is 18.0 Å². The maximum atomic E-state index is 14.2. The summed E-state index contributed by atoms with van der Waals surface area (Å²) in [5, 5.41) is 0. The highest BCUT2D eigenvalue weighted by atomic mass is 19.1. The molecule has 0 unspecified atom stereocenters. The first-order chi connectivity index (χ1) is 11.9. The van der Waals surface area contributed by atoms with Gasteiger partial charge in [-0.1, -0.05) is 18.2 Å². The van der Waals surface area contributed by atoms with Crippen LogP contribution in [0.2, 0.25) is 0 Å². The van der Waals surface area contributed by atoms with Crippen LogP contribution in [0, 0.1) is 5.82 Å². The molecule has 0 aromatic heterocycles. The third kappa shape index (κ3) is 3.87. The Kier molecular flexibility index (Phi) is 5.90. The van der Waals surface area contributed by atoms with Gasteiger partial charge in [-0.3, -0.25) is 9.59 Å². The fourth-order valence-electron chi connectivity index (χ4n) is 2.94. The molecule has 2 rings (SSSR count).